The molecule has 5 rings (SSSR count). The molecule has 27 heavy (non-hydrogen) atoms. The van der Waals surface area contributed by atoms with Gasteiger partial charge in [0.2, 0.25) is 0 Å². The quantitative estimate of drug-likeness (QED) is 0.651. The minimum Gasteiger partial charge on any atom is -0.406 e. The van der Waals surface area contributed by atoms with Crippen molar-refractivity contribution in [1.29, 1.82) is 0 Å². The van der Waals surface area contributed by atoms with Crippen molar-refractivity contribution in [3.8, 4) is 11.4 Å². The van der Waals surface area contributed by atoms with Gasteiger partial charge in [-0.25, -0.2) is 4.98 Å². The zero-order chi connectivity index (χ0) is 17.5. The summed E-state index contributed by atoms with van der Waals surface area (Å²) < 4.78 is 2.16. The Morgan fingerprint density at radius 2 is 2.15 bits per heavy atom. The Morgan fingerprint density at radius 3 is 2.96 bits per heavy atom. The van der Waals surface area contributed by atoms with Crippen LogP contribution >= 0.6 is 0 Å². The van der Waals surface area contributed by atoms with Crippen molar-refractivity contribution in [3.05, 3.63) is 48.3 Å². The normalized spacial score (nSPS) is 22.4. The molecule has 1 aliphatic heterocycles. The third-order valence-corrected chi connectivity index (χ3v) is 5.47. The molecule has 1 saturated heterocycles. The Kier molecular flexibility index (Phi) is 5.21. The summed E-state index contributed by atoms with van der Waals surface area (Å²) in [6.45, 7) is 3.30. The van der Waals surface area contributed by atoms with Crippen LogP contribution < -0.4 is 10.6 Å². The number of imidazole rings is 1. The van der Waals surface area contributed by atoms with Crippen molar-refractivity contribution in [2.45, 2.75) is 50.6 Å². The summed E-state index contributed by atoms with van der Waals surface area (Å²) in [5.74, 6) is 1.62. The van der Waals surface area contributed by atoms with Crippen molar-refractivity contribution >= 4 is 11.5 Å². The molecule has 3 aromatic rings. The number of fused-ring (bicyclic) bond motifs is 1. The second kappa shape index (κ2) is 7.62. The van der Waals surface area contributed by atoms with Gasteiger partial charge in [0, 0.05) is 40.7 Å². The number of hydrogen-bond donors (Lipinski definition) is 2. The Morgan fingerprint density at radius 1 is 1.26 bits per heavy atom. The standard InChI is InChI=1S/C21H24N5.Co/c1-14-11-17(9-10-22-14)24-20-4-2-3-18(25-20)19-12-23-21-8-7-16(13-26(19)21)15-5-6-15;/h2-4,8,12-15,17,22H,5-6,9-11H2,1H3,(H,24,25);/q-1;/t14-,17-;/m0./s1. The summed E-state index contributed by atoms with van der Waals surface area (Å²) in [7, 11) is 0. The summed E-state index contributed by atoms with van der Waals surface area (Å²) in [6, 6.07) is 12.6. The first kappa shape index (κ1) is 18.5. The second-order valence-electron chi connectivity index (χ2n) is 7.65. The Balaban J connectivity index is 0.00000180. The second-order valence-corrected chi connectivity index (χ2v) is 7.65. The van der Waals surface area contributed by atoms with Crippen LogP contribution in [0.25, 0.3) is 17.0 Å². The molecule has 2 aliphatic rings. The molecule has 0 spiro atoms. The molecule has 0 unspecified atom stereocenters. The van der Waals surface area contributed by atoms with E-state index in [9.17, 15) is 0 Å². The van der Waals surface area contributed by atoms with Gasteiger partial charge in [-0.1, -0.05) is 12.3 Å². The van der Waals surface area contributed by atoms with E-state index in [1.165, 1.54) is 18.4 Å². The van der Waals surface area contributed by atoms with Crippen LogP contribution in [-0.2, 0) is 16.8 Å². The number of nitrogens with one attached hydrogen (secondary N) is 2. The molecule has 4 heterocycles. The van der Waals surface area contributed by atoms with Gasteiger partial charge in [0.05, 0.1) is 11.4 Å². The van der Waals surface area contributed by atoms with Gasteiger partial charge in [-0.3, -0.25) is 0 Å². The molecule has 143 valence electrons. The maximum Gasteiger partial charge on any atom is 0.126 e. The predicted molar refractivity (Wildman–Crippen MR) is 103 cm³/mol. The summed E-state index contributed by atoms with van der Waals surface area (Å²) in [5.41, 5.74) is 4.21. The fraction of sp³-hybridized carbons (Fsp3) is 0.429. The number of pyridine rings is 2. The van der Waals surface area contributed by atoms with E-state index in [-0.39, 0.29) is 16.8 Å². The zero-order valence-electron chi connectivity index (χ0n) is 15.4. The average Bonchev–Trinajstić information content (AvgIpc) is 3.41. The van der Waals surface area contributed by atoms with Crippen LogP contribution in [0.3, 0.4) is 0 Å². The number of aromatic nitrogens is 3. The number of rotatable bonds is 4. The van der Waals surface area contributed by atoms with E-state index < -0.39 is 0 Å². The van der Waals surface area contributed by atoms with Crippen molar-refractivity contribution in [2.75, 3.05) is 11.9 Å². The molecular weight excluding hydrogens is 381 g/mol. The molecule has 6 heteroatoms. The van der Waals surface area contributed by atoms with E-state index in [1.807, 2.05) is 12.3 Å². The molecule has 1 aliphatic carbocycles. The number of piperidine rings is 1. The van der Waals surface area contributed by atoms with Crippen molar-refractivity contribution in [3.63, 3.8) is 0 Å². The number of hydrogen-bond acceptors (Lipinski definition) is 4. The van der Waals surface area contributed by atoms with E-state index in [4.69, 9.17) is 4.98 Å². The van der Waals surface area contributed by atoms with Gasteiger partial charge in [0.1, 0.15) is 5.82 Å². The topological polar surface area (TPSA) is 54.2 Å². The van der Waals surface area contributed by atoms with Crippen LogP contribution in [0.4, 0.5) is 5.82 Å². The fourth-order valence-corrected chi connectivity index (χ4v) is 3.88. The van der Waals surface area contributed by atoms with Gasteiger partial charge < -0.3 is 20.0 Å². The van der Waals surface area contributed by atoms with Gasteiger partial charge in [0.15, 0.2) is 0 Å². The monoisotopic (exact) mass is 405 g/mol. The van der Waals surface area contributed by atoms with Crippen LogP contribution in [0.2, 0.25) is 0 Å². The molecule has 3 aromatic heterocycles. The molecule has 2 fully saturated rings. The first-order chi connectivity index (χ1) is 12.8. The summed E-state index contributed by atoms with van der Waals surface area (Å²) in [6.07, 6.45) is 8.91. The van der Waals surface area contributed by atoms with Crippen LogP contribution in [0.1, 0.15) is 44.1 Å². The Labute approximate surface area is 170 Å². The number of nitrogens with zero attached hydrogens (tertiary/aromatic N) is 3. The third kappa shape index (κ3) is 3.88. The third-order valence-electron chi connectivity index (χ3n) is 5.47. The maximum absolute atomic E-state index is 4.87. The van der Waals surface area contributed by atoms with Gasteiger partial charge in [-0.2, -0.15) is 6.07 Å². The smallest absolute Gasteiger partial charge is 0.126 e. The first-order valence-electron chi connectivity index (χ1n) is 9.62. The SMILES string of the molecule is C[C@H]1C[C@@H](Nc2cccc(-c3cnc4c[c-]c(C5CC5)cn34)n2)CCN1.[Co]. The molecule has 0 bridgehead atoms. The van der Waals surface area contributed by atoms with E-state index in [1.54, 1.807) is 0 Å². The minimum absolute atomic E-state index is 0. The molecule has 1 saturated carbocycles. The summed E-state index contributed by atoms with van der Waals surface area (Å²) >= 11 is 0. The van der Waals surface area contributed by atoms with Crippen LogP contribution in [0.15, 0.2) is 36.7 Å². The molecule has 1 radical (unpaired) electrons. The fourth-order valence-electron chi connectivity index (χ4n) is 3.88. The molecular formula is C21H24CoN5-. The summed E-state index contributed by atoms with van der Waals surface area (Å²) in [5, 5.41) is 7.11. The van der Waals surface area contributed by atoms with Gasteiger partial charge in [0.25, 0.3) is 0 Å². The predicted octanol–water partition coefficient (Wildman–Crippen LogP) is 3.62. The number of anilines is 1. The van der Waals surface area contributed by atoms with E-state index in [2.05, 4.69) is 57.4 Å². The molecule has 2 N–H and O–H groups in total. The summed E-state index contributed by atoms with van der Waals surface area (Å²) in [4.78, 5) is 9.41. The molecule has 0 amide bonds. The molecule has 2 atom stereocenters. The van der Waals surface area contributed by atoms with Gasteiger partial charge in [-0.05, 0) is 57.2 Å². The van der Waals surface area contributed by atoms with Crippen molar-refractivity contribution in [1.82, 2.24) is 19.7 Å². The molecule has 5 nitrogen and oxygen atoms in total. The van der Waals surface area contributed by atoms with Crippen LogP contribution in [0.5, 0.6) is 0 Å². The van der Waals surface area contributed by atoms with E-state index >= 15 is 0 Å². The van der Waals surface area contributed by atoms with E-state index in [0.29, 0.717) is 18.0 Å². The van der Waals surface area contributed by atoms with Crippen molar-refractivity contribution in [2.24, 2.45) is 0 Å². The van der Waals surface area contributed by atoms with Crippen LogP contribution in [0, 0.1) is 6.07 Å². The first-order valence-corrected chi connectivity index (χ1v) is 9.62. The minimum atomic E-state index is 0. The largest absolute Gasteiger partial charge is 0.406 e. The van der Waals surface area contributed by atoms with Crippen LogP contribution in [-0.4, -0.2) is 33.0 Å². The maximum atomic E-state index is 4.87. The Bertz CT molecular complexity index is 933. The van der Waals surface area contributed by atoms with Gasteiger partial charge >= 0.3 is 0 Å². The Hall–Kier alpha value is -1.89. The molecule has 0 aromatic carbocycles. The average molecular weight is 405 g/mol. The van der Waals surface area contributed by atoms with Crippen molar-refractivity contribution < 1.29 is 16.8 Å². The van der Waals surface area contributed by atoms with Gasteiger partial charge in [-0.15, -0.1) is 11.6 Å². The van der Waals surface area contributed by atoms with E-state index in [0.717, 1.165) is 42.2 Å². The zero-order valence-corrected chi connectivity index (χ0v) is 16.4.